The first kappa shape index (κ1) is 32.3. The fourth-order valence-corrected chi connectivity index (χ4v) is 7.71. The van der Waals surface area contributed by atoms with Crippen molar-refractivity contribution in [3.05, 3.63) is 192 Å². The van der Waals surface area contributed by atoms with Gasteiger partial charge in [-0.3, -0.25) is 4.99 Å². The minimum Gasteiger partial charge on any atom is -0.506 e. The molecule has 0 spiro atoms. The van der Waals surface area contributed by atoms with Gasteiger partial charge in [-0.25, -0.2) is 0 Å². The smallest absolute Gasteiger partial charge is 0.142 e. The lowest BCUT2D eigenvalue weighted by molar-refractivity contribution is 0.477. The van der Waals surface area contributed by atoms with E-state index >= 15 is 0 Å². The largest absolute Gasteiger partial charge is 0.506 e. The maximum atomic E-state index is 10.8. The maximum Gasteiger partial charge on any atom is 0.142 e. The van der Waals surface area contributed by atoms with E-state index in [4.69, 9.17) is 4.42 Å². The quantitative estimate of drug-likeness (QED) is 0.168. The van der Waals surface area contributed by atoms with E-state index in [0.717, 1.165) is 62.2 Å². The molecule has 0 bridgehead atoms. The predicted octanol–water partition coefficient (Wildman–Crippen LogP) is 11.6. The zero-order chi connectivity index (χ0) is 36.7. The van der Waals surface area contributed by atoms with E-state index in [-0.39, 0.29) is 5.75 Å². The van der Waals surface area contributed by atoms with E-state index in [0.29, 0.717) is 11.3 Å². The number of hydrogen-bond acceptors (Lipinski definition) is 4. The number of aromatic hydroxyl groups is 1. The molecule has 0 fully saturated rings. The van der Waals surface area contributed by atoms with Crippen LogP contribution in [0.25, 0.3) is 61.8 Å². The van der Waals surface area contributed by atoms with E-state index < -0.39 is 0 Å². The summed E-state index contributed by atoms with van der Waals surface area (Å²) >= 11 is 0. The highest BCUT2D eigenvalue weighted by Gasteiger charge is 2.17. The van der Waals surface area contributed by atoms with Crippen LogP contribution in [0.5, 0.6) is 5.75 Å². The molecule has 0 atom stereocenters. The van der Waals surface area contributed by atoms with Gasteiger partial charge in [-0.1, -0.05) is 103 Å². The minimum atomic E-state index is 0.113. The molecule has 1 aliphatic rings. The summed E-state index contributed by atoms with van der Waals surface area (Å²) in [5.74, 6) is 0.113. The molecule has 0 amide bonds. The van der Waals surface area contributed by atoms with Gasteiger partial charge in [0.1, 0.15) is 22.6 Å². The summed E-state index contributed by atoms with van der Waals surface area (Å²) in [4.78, 5) is 6.85. The van der Waals surface area contributed by atoms with Gasteiger partial charge in [0.15, 0.2) is 0 Å². The third-order valence-corrected chi connectivity index (χ3v) is 10.3. The topological polar surface area (TPSA) is 53.9 Å². The molecule has 0 saturated heterocycles. The van der Waals surface area contributed by atoms with Crippen molar-refractivity contribution in [1.82, 2.24) is 4.57 Å². The normalized spacial score (nSPS) is 12.5. The Balaban J connectivity index is 1.02. The average molecular weight is 710 g/mol. The van der Waals surface area contributed by atoms with E-state index in [1.54, 1.807) is 18.3 Å². The van der Waals surface area contributed by atoms with Crippen molar-refractivity contribution >= 4 is 74.0 Å². The summed E-state index contributed by atoms with van der Waals surface area (Å²) in [6.45, 7) is 0. The van der Waals surface area contributed by atoms with Crippen molar-refractivity contribution in [3.8, 4) is 22.6 Å². The number of anilines is 3. The van der Waals surface area contributed by atoms with Crippen LogP contribution in [0.15, 0.2) is 185 Å². The monoisotopic (exact) mass is 709 g/mol. The van der Waals surface area contributed by atoms with Gasteiger partial charge < -0.3 is 19.0 Å². The van der Waals surface area contributed by atoms with Gasteiger partial charge >= 0.3 is 0 Å². The summed E-state index contributed by atoms with van der Waals surface area (Å²) in [5, 5.41) is 16.3. The number of phenolic OH excluding ortho intramolecular Hbond substituents is 1. The Bertz CT molecular complexity index is 3050. The average Bonchev–Trinajstić information content (AvgIpc) is 3.62. The zero-order valence-corrected chi connectivity index (χ0v) is 29.9. The molecular weight excluding hydrogens is 675 g/mol. The van der Waals surface area contributed by atoms with E-state index in [1.165, 1.54) is 21.5 Å². The number of aliphatic imine (C=N–C) groups is 1. The maximum absolute atomic E-state index is 10.8. The minimum absolute atomic E-state index is 0.113. The number of allylic oxidation sites excluding steroid dienone is 2. The number of hydrogen-bond donors (Lipinski definition) is 1. The van der Waals surface area contributed by atoms with E-state index in [2.05, 4.69) is 160 Å². The van der Waals surface area contributed by atoms with Crippen molar-refractivity contribution in [2.45, 2.75) is 6.42 Å². The van der Waals surface area contributed by atoms with Crippen LogP contribution in [0, 0.1) is 0 Å². The first-order valence-corrected chi connectivity index (χ1v) is 18.5. The van der Waals surface area contributed by atoms with E-state index in [9.17, 15) is 5.11 Å². The lowest BCUT2D eigenvalue weighted by Gasteiger charge is -2.26. The third-order valence-electron chi connectivity index (χ3n) is 10.3. The first-order chi connectivity index (χ1) is 27.2. The highest BCUT2D eigenvalue weighted by molar-refractivity contribution is 6.07. The van der Waals surface area contributed by atoms with Gasteiger partial charge in [0.25, 0.3) is 0 Å². The number of benzene rings is 7. The lowest BCUT2D eigenvalue weighted by Crippen LogP contribution is -2.27. The fourth-order valence-electron chi connectivity index (χ4n) is 7.71. The molecule has 1 N–H and O–H groups in total. The molecule has 7 aromatic carbocycles. The predicted molar refractivity (Wildman–Crippen MR) is 228 cm³/mol. The van der Waals surface area contributed by atoms with Crippen molar-refractivity contribution < 1.29 is 9.52 Å². The van der Waals surface area contributed by atoms with Crippen molar-refractivity contribution in [2.24, 2.45) is 4.99 Å². The molecule has 262 valence electrons. The molecule has 5 heteroatoms. The second kappa shape index (κ2) is 13.6. The zero-order valence-electron chi connectivity index (χ0n) is 29.9. The second-order valence-electron chi connectivity index (χ2n) is 13.7. The van der Waals surface area contributed by atoms with Gasteiger partial charge in [-0.05, 0) is 102 Å². The molecular formula is C50H35N3O2. The summed E-state index contributed by atoms with van der Waals surface area (Å²) in [6, 6.07) is 56.3. The highest BCUT2D eigenvalue weighted by Crippen LogP contribution is 2.40. The Morgan fingerprint density at radius 3 is 2.11 bits per heavy atom. The molecule has 10 rings (SSSR count). The molecule has 0 unspecified atom stereocenters. The summed E-state index contributed by atoms with van der Waals surface area (Å²) < 4.78 is 8.71. The van der Waals surface area contributed by atoms with Gasteiger partial charge in [0.05, 0.1) is 10.9 Å². The van der Waals surface area contributed by atoms with Crippen LogP contribution in [0.4, 0.5) is 22.7 Å². The third kappa shape index (κ3) is 5.88. The van der Waals surface area contributed by atoms with Gasteiger partial charge in [-0.2, -0.15) is 0 Å². The number of fused-ring (bicyclic) bond motifs is 6. The van der Waals surface area contributed by atoms with Gasteiger partial charge in [-0.15, -0.1) is 0 Å². The molecule has 2 heterocycles. The summed E-state index contributed by atoms with van der Waals surface area (Å²) in [6.07, 6.45) is 11.6. The highest BCUT2D eigenvalue weighted by atomic mass is 16.3. The molecule has 1 aliphatic carbocycles. The van der Waals surface area contributed by atoms with Crippen LogP contribution < -0.4 is 15.5 Å². The van der Waals surface area contributed by atoms with Crippen molar-refractivity contribution in [3.63, 3.8) is 0 Å². The van der Waals surface area contributed by atoms with Crippen LogP contribution in [0.2, 0.25) is 0 Å². The van der Waals surface area contributed by atoms with Crippen LogP contribution in [-0.4, -0.2) is 15.9 Å². The Hall–Kier alpha value is -7.37. The molecule has 9 aromatic rings. The number of para-hydroxylation sites is 2. The van der Waals surface area contributed by atoms with Crippen molar-refractivity contribution in [2.75, 3.05) is 4.90 Å². The molecule has 0 aliphatic heterocycles. The number of furan rings is 1. The molecule has 0 saturated carbocycles. The fraction of sp³-hybridized carbons (Fsp3) is 0.0200. The summed E-state index contributed by atoms with van der Waals surface area (Å²) in [5.41, 5.74) is 10.5. The Morgan fingerprint density at radius 2 is 1.31 bits per heavy atom. The van der Waals surface area contributed by atoms with Gasteiger partial charge in [0.2, 0.25) is 0 Å². The Morgan fingerprint density at radius 1 is 0.618 bits per heavy atom. The number of nitrogens with zero attached hydrogens (tertiary/aromatic N) is 3. The standard InChI is InChI=1S/C50H35N3O2/c54-48-31-44-42-27-23-36(29-49(42)55-50(44)32-45(48)51-33-34-13-5-1-6-14-34)35-21-24-39(25-22-35)52(37-15-7-2-8-16-37)40-26-28-47-43(30-40)41-19-11-4-12-20-46(41)53(47)38-17-9-3-10-18-38/h1-10,12-33,54H,11H2. The number of phenols is 1. The Labute approximate surface area is 318 Å². The molecule has 0 radical (unpaired) electrons. The lowest BCUT2D eigenvalue weighted by atomic mass is 10.0. The van der Waals surface area contributed by atoms with Crippen LogP contribution in [-0.2, 0) is 0 Å². The number of aromatic nitrogens is 1. The summed E-state index contributed by atoms with van der Waals surface area (Å²) in [7, 11) is 0. The Kier molecular flexibility index (Phi) is 7.96. The van der Waals surface area contributed by atoms with Crippen LogP contribution in [0.3, 0.4) is 0 Å². The van der Waals surface area contributed by atoms with Gasteiger partial charge in [0, 0.05) is 56.4 Å². The molecule has 55 heavy (non-hydrogen) atoms. The molecule has 5 nitrogen and oxygen atoms in total. The number of rotatable bonds is 7. The first-order valence-electron chi connectivity index (χ1n) is 18.5. The van der Waals surface area contributed by atoms with Crippen LogP contribution >= 0.6 is 0 Å². The van der Waals surface area contributed by atoms with Crippen molar-refractivity contribution in [1.29, 1.82) is 0 Å². The van der Waals surface area contributed by atoms with Crippen LogP contribution in [0.1, 0.15) is 12.0 Å². The SMILES string of the molecule is Oc1cc2c(cc1N=Cc1ccccc1)oc1cc(-c3ccc(N(c4ccccc4)c4ccc5c(c4)c4c(n5-c5ccccc5)=CC=CCC=4)cc3)ccc12. The van der Waals surface area contributed by atoms with E-state index in [1.807, 2.05) is 30.3 Å². The second-order valence-corrected chi connectivity index (χ2v) is 13.7. The molecule has 2 aromatic heterocycles.